The molecule has 9 N–H and O–H groups in total. The number of nitrogens with one attached hydrogen (secondary N) is 9. The number of allylic oxidation sites excluding steroid dienone is 1. The predicted molar refractivity (Wildman–Crippen MR) is 433 cm³/mol. The third-order valence-corrected chi connectivity index (χ3v) is 18.7. The number of aromatic nitrogens is 12. The Bertz CT molecular complexity index is 4980. The number of aryl methyl sites for hydroxylation is 7. The number of nitrogens with zero attached hydrogens (tertiary/aromatic N) is 13. The van der Waals surface area contributed by atoms with Gasteiger partial charge in [0.05, 0.1) is 134 Å². The van der Waals surface area contributed by atoms with E-state index in [-0.39, 0.29) is 116 Å². The molecule has 1 aliphatic heterocycles. The first-order valence-electron chi connectivity index (χ1n) is 38.7. The molecule has 9 amide bonds. The topological polar surface area (TPSA) is 449 Å². The van der Waals surface area contributed by atoms with Gasteiger partial charge in [0.15, 0.2) is 17.5 Å². The van der Waals surface area contributed by atoms with Crippen LogP contribution < -0.4 is 48.1 Å². The van der Waals surface area contributed by atoms with E-state index in [1.807, 2.05) is 40.9 Å². The van der Waals surface area contributed by atoms with Gasteiger partial charge < -0.3 is 122 Å². The Labute approximate surface area is 679 Å². The highest BCUT2D eigenvalue weighted by Gasteiger charge is 2.27. The monoisotopic (exact) mass is 1640 g/mol. The van der Waals surface area contributed by atoms with E-state index in [1.165, 1.54) is 55.2 Å². The van der Waals surface area contributed by atoms with Gasteiger partial charge in [0.2, 0.25) is 29.4 Å². The van der Waals surface area contributed by atoms with Gasteiger partial charge in [0.25, 0.3) is 41.0 Å². The third kappa shape index (κ3) is 25.7. The van der Waals surface area contributed by atoms with Gasteiger partial charge in [-0.2, -0.15) is 0 Å². The summed E-state index contributed by atoms with van der Waals surface area (Å²) in [6.07, 6.45) is 16.6. The molecule has 1 aliphatic rings. The van der Waals surface area contributed by atoms with Crippen molar-refractivity contribution in [1.29, 1.82) is 0 Å². The fraction of sp³-hybridized carbons (Fsp3) is 0.462. The number of fused-ring (bicyclic) bond motifs is 2. The van der Waals surface area contributed by atoms with Crippen molar-refractivity contribution in [3.05, 3.63) is 144 Å². The van der Waals surface area contributed by atoms with Crippen LogP contribution in [-0.2, 0) is 101 Å². The van der Waals surface area contributed by atoms with Crippen molar-refractivity contribution in [3.8, 4) is 11.1 Å². The van der Waals surface area contributed by atoms with Crippen LogP contribution in [0.3, 0.4) is 0 Å². The van der Waals surface area contributed by atoms with Crippen LogP contribution in [0.15, 0.2) is 104 Å². The molecule has 1 fully saturated rings. The van der Waals surface area contributed by atoms with Gasteiger partial charge in [-0.15, -0.1) is 6.58 Å². The number of benzene rings is 1. The summed E-state index contributed by atoms with van der Waals surface area (Å²) in [5.41, 5.74) is 5.25. The molecule has 1 aromatic carbocycles. The molecule has 118 heavy (non-hydrogen) atoms. The maximum Gasteiger partial charge on any atom is 0.291 e. The number of aromatic amines is 1. The predicted octanol–water partition coefficient (Wildman–Crippen LogP) is 2.19. The molecular formula is C78H104N22O18. The standard InChI is InChI=1S/C78H104N22O18/c1-8-9-20-100-49-58(56-10-14-80-68(56)78(100)110)57-43-53(44-59-67(57)85-52-97(59)7)77(109)99-24-22-98(23-25-99)26-28-112-30-32-114-34-36-116-38-40-118-42-41-117-39-37-115-35-33-113-31-29-111-27-19-79-64(101)11-15-84-74(106)70-90-62(50-95(70)5)88-65(102)12-16-83-73(105)61-46-55(48-94(61)4)87-76(108)71-91-63(51-96(71)6)89-66(103)13-17-82-72(104)60-45-54(47-93(60)3)86-75(107)69-81-18-21-92(69)2/h8,10,14,18,21,43-52,80H,1,9,11-13,15-17,19-20,22-42H2,2-7H3,(H,79,101)(H,82,104)(H,83,105)(H,84,106)(H,86,107)(H,87,108)(H,88,102)(H,89,103). The van der Waals surface area contributed by atoms with Crippen molar-refractivity contribution < 1.29 is 81.0 Å². The zero-order chi connectivity index (χ0) is 83.9. The first kappa shape index (κ1) is 88.3. The van der Waals surface area contributed by atoms with Crippen molar-refractivity contribution in [1.82, 2.24) is 88.0 Å². The van der Waals surface area contributed by atoms with Crippen molar-refractivity contribution in [2.45, 2.75) is 32.2 Å². The summed E-state index contributed by atoms with van der Waals surface area (Å²) < 4.78 is 55.9. The minimum Gasteiger partial charge on any atom is -0.378 e. The van der Waals surface area contributed by atoms with Gasteiger partial charge in [0, 0.05) is 199 Å². The molecule has 0 saturated carbocycles. The Morgan fingerprint density at radius 1 is 0.475 bits per heavy atom. The average molecular weight is 1640 g/mol. The number of imidazole rings is 4. The number of pyridine rings is 1. The van der Waals surface area contributed by atoms with Crippen LogP contribution in [-0.4, -0.2) is 284 Å². The number of amides is 9. The first-order valence-corrected chi connectivity index (χ1v) is 38.7. The highest BCUT2D eigenvalue weighted by molar-refractivity contribution is 6.08. The number of hydrogen-bond donors (Lipinski definition) is 9. The number of ether oxygens (including phenoxy) is 8. The highest BCUT2D eigenvalue weighted by atomic mass is 16.6. The van der Waals surface area contributed by atoms with Crippen LogP contribution in [0.5, 0.6) is 0 Å². The van der Waals surface area contributed by atoms with Crippen LogP contribution in [0.4, 0.5) is 23.0 Å². The number of carbonyl (C=O) groups is 9. The molecule has 0 unspecified atom stereocenters. The maximum absolute atomic E-state index is 14.1. The number of piperazine rings is 1. The first-order chi connectivity index (χ1) is 57.1. The van der Waals surface area contributed by atoms with Crippen LogP contribution in [0, 0.1) is 0 Å². The van der Waals surface area contributed by atoms with Crippen LogP contribution in [0.25, 0.3) is 33.1 Å². The summed E-state index contributed by atoms with van der Waals surface area (Å²) >= 11 is 0. The Morgan fingerprint density at radius 3 is 1.48 bits per heavy atom. The van der Waals surface area contributed by atoms with Gasteiger partial charge in [-0.3, -0.25) is 52.8 Å². The summed E-state index contributed by atoms with van der Waals surface area (Å²) in [4.78, 5) is 155. The Balaban J connectivity index is 0.469. The molecule has 40 nitrogen and oxygen atoms in total. The number of carbonyl (C=O) groups excluding carboxylic acids is 9. The molecule has 0 spiro atoms. The van der Waals surface area contributed by atoms with E-state index < -0.39 is 41.4 Å². The zero-order valence-electron chi connectivity index (χ0n) is 67.2. The van der Waals surface area contributed by atoms with Crippen LogP contribution in [0.1, 0.15) is 88.9 Å². The van der Waals surface area contributed by atoms with Gasteiger partial charge in [0.1, 0.15) is 16.9 Å². The Kier molecular flexibility index (Phi) is 33.6. The molecule has 1 saturated heterocycles. The molecule has 9 aromatic rings. The molecule has 40 heteroatoms. The number of hydrogen-bond acceptors (Lipinski definition) is 23. The summed E-state index contributed by atoms with van der Waals surface area (Å²) in [5, 5.41) is 22.1. The third-order valence-electron chi connectivity index (χ3n) is 18.7. The second-order valence-electron chi connectivity index (χ2n) is 27.5. The maximum atomic E-state index is 14.1. The fourth-order valence-electron chi connectivity index (χ4n) is 12.6. The second kappa shape index (κ2) is 44.9. The van der Waals surface area contributed by atoms with Crippen molar-refractivity contribution in [3.63, 3.8) is 0 Å². The molecule has 0 aliphatic carbocycles. The van der Waals surface area contributed by atoms with E-state index in [0.717, 1.165) is 47.2 Å². The largest absolute Gasteiger partial charge is 0.378 e. The summed E-state index contributed by atoms with van der Waals surface area (Å²) in [6.45, 7) is 14.4. The number of anilines is 4. The van der Waals surface area contributed by atoms with E-state index in [1.54, 1.807) is 75.4 Å². The fourth-order valence-corrected chi connectivity index (χ4v) is 12.6. The highest BCUT2D eigenvalue weighted by Crippen LogP contribution is 2.34. The lowest BCUT2D eigenvalue weighted by molar-refractivity contribution is -0.121. The quantitative estimate of drug-likeness (QED) is 0.0195. The van der Waals surface area contributed by atoms with Crippen LogP contribution in [0.2, 0.25) is 0 Å². The second-order valence-corrected chi connectivity index (χ2v) is 27.5. The zero-order valence-corrected chi connectivity index (χ0v) is 67.2. The molecule has 0 atom stereocenters. The molecular weight excluding hydrogens is 1530 g/mol. The summed E-state index contributed by atoms with van der Waals surface area (Å²) in [7, 11) is 9.95. The van der Waals surface area contributed by atoms with Crippen molar-refractivity contribution >= 4 is 98.1 Å². The van der Waals surface area contributed by atoms with Crippen LogP contribution >= 0.6 is 0 Å². The molecule has 9 heterocycles. The molecule has 10 rings (SSSR count). The van der Waals surface area contributed by atoms with E-state index in [2.05, 4.69) is 73.9 Å². The number of H-pyrrole nitrogens is 1. The Morgan fingerprint density at radius 2 is 0.966 bits per heavy atom. The van der Waals surface area contributed by atoms with Gasteiger partial charge in [-0.05, 0) is 36.8 Å². The Hall–Kier alpha value is -12.0. The average Bonchev–Trinajstić information content (AvgIpc) is 1.24. The lowest BCUT2D eigenvalue weighted by atomic mass is 9.99. The van der Waals surface area contributed by atoms with E-state index >= 15 is 0 Å². The normalized spacial score (nSPS) is 12.3. The van der Waals surface area contributed by atoms with Crippen molar-refractivity contribution in [2.24, 2.45) is 42.3 Å². The van der Waals surface area contributed by atoms with E-state index in [0.29, 0.717) is 142 Å². The van der Waals surface area contributed by atoms with Gasteiger partial charge >= 0.3 is 0 Å². The van der Waals surface area contributed by atoms with E-state index in [4.69, 9.17) is 42.9 Å². The minimum atomic E-state index is -0.640. The van der Waals surface area contributed by atoms with Gasteiger partial charge in [-0.25, -0.2) is 19.9 Å². The summed E-state index contributed by atoms with van der Waals surface area (Å²) in [5.74, 6) is -3.69. The lowest BCUT2D eigenvalue weighted by Crippen LogP contribution is -2.49. The molecule has 634 valence electrons. The van der Waals surface area contributed by atoms with E-state index in [9.17, 15) is 47.9 Å². The van der Waals surface area contributed by atoms with Crippen molar-refractivity contribution in [2.75, 3.05) is 186 Å². The lowest BCUT2D eigenvalue weighted by Gasteiger charge is -2.34. The molecule has 0 bridgehead atoms. The smallest absolute Gasteiger partial charge is 0.291 e. The summed E-state index contributed by atoms with van der Waals surface area (Å²) in [6, 6.07) is 8.64. The SMILES string of the molecule is C=CCCn1cc(-c2cc(C(=O)N3CCN(CCOCCOCCOCCOCCOCCOCCOCCOCCNC(=O)CCNC(=O)c4nc(NC(=O)CCNC(=O)c5cc(NC(=O)c6nc(NC(=O)CCNC(=O)c7cc(NC(=O)c8nccn8C)cn7C)cn6C)cn5C)cn4C)CC3)cc3c2ncn3C)c2cc[nH]c2c1=O. The van der Waals surface area contributed by atoms with Gasteiger partial charge in [-0.1, -0.05) is 6.08 Å². The molecule has 0 radical (unpaired) electrons. The number of rotatable bonds is 50. The molecule has 8 aromatic heterocycles. The minimum absolute atomic E-state index is 0.00530.